The first-order chi connectivity index (χ1) is 13.1. The first-order valence-corrected chi connectivity index (χ1v) is 8.05. The molecule has 0 fully saturated rings. The second-order valence-corrected chi connectivity index (χ2v) is 5.84. The van der Waals surface area contributed by atoms with E-state index in [4.69, 9.17) is 16.0 Å². The summed E-state index contributed by atoms with van der Waals surface area (Å²) in [6.07, 6.45) is 2.03. The second kappa shape index (κ2) is 7.16. The Kier molecular flexibility index (Phi) is 4.55. The number of nitrogens with zero attached hydrogens (tertiary/aromatic N) is 7. The van der Waals surface area contributed by atoms with E-state index in [1.54, 1.807) is 41.3 Å². The number of hydrogen-bond acceptors (Lipinski definition) is 7. The number of alkyl halides is 2. The van der Waals surface area contributed by atoms with E-state index < -0.39 is 12.3 Å². The van der Waals surface area contributed by atoms with Crippen LogP contribution in [0.3, 0.4) is 0 Å². The molecule has 4 heterocycles. The van der Waals surface area contributed by atoms with Crippen molar-refractivity contribution in [1.29, 1.82) is 0 Å². The number of rotatable bonds is 5. The Balaban J connectivity index is 1.48. The van der Waals surface area contributed by atoms with Crippen LogP contribution in [-0.2, 0) is 6.54 Å². The molecular formula is C16H10ClF2N7O. The van der Waals surface area contributed by atoms with Gasteiger partial charge in [0.2, 0.25) is 5.89 Å². The molecule has 0 bridgehead atoms. The second-order valence-electron chi connectivity index (χ2n) is 5.46. The minimum absolute atomic E-state index is 0.0115. The van der Waals surface area contributed by atoms with Crippen molar-refractivity contribution in [3.8, 4) is 22.7 Å². The smallest absolute Gasteiger partial charge is 0.314 e. The van der Waals surface area contributed by atoms with Gasteiger partial charge in [0, 0.05) is 18.0 Å². The van der Waals surface area contributed by atoms with E-state index in [1.165, 1.54) is 6.20 Å². The highest BCUT2D eigenvalue weighted by Gasteiger charge is 2.17. The highest BCUT2D eigenvalue weighted by molar-refractivity contribution is 6.29. The van der Waals surface area contributed by atoms with Crippen molar-refractivity contribution in [3.05, 3.63) is 59.6 Å². The molecule has 0 amide bonds. The van der Waals surface area contributed by atoms with Crippen molar-refractivity contribution in [2.24, 2.45) is 0 Å². The van der Waals surface area contributed by atoms with E-state index in [-0.39, 0.29) is 5.89 Å². The van der Waals surface area contributed by atoms with Crippen molar-refractivity contribution >= 4 is 11.6 Å². The molecule has 0 saturated carbocycles. The zero-order valence-electron chi connectivity index (χ0n) is 13.5. The van der Waals surface area contributed by atoms with Crippen LogP contribution in [0.1, 0.15) is 18.0 Å². The van der Waals surface area contributed by atoms with Gasteiger partial charge in [0.15, 0.2) is 0 Å². The van der Waals surface area contributed by atoms with Gasteiger partial charge >= 0.3 is 6.43 Å². The lowest BCUT2D eigenvalue weighted by molar-refractivity contribution is 0.116. The van der Waals surface area contributed by atoms with Crippen LogP contribution in [0.5, 0.6) is 0 Å². The molecule has 0 aliphatic rings. The molecule has 4 rings (SSSR count). The Morgan fingerprint density at radius 1 is 1.00 bits per heavy atom. The number of pyridine rings is 2. The van der Waals surface area contributed by atoms with Gasteiger partial charge in [0.25, 0.3) is 5.89 Å². The normalized spacial score (nSPS) is 11.3. The molecule has 27 heavy (non-hydrogen) atoms. The average molecular weight is 390 g/mol. The van der Waals surface area contributed by atoms with Gasteiger partial charge in [0.1, 0.15) is 10.8 Å². The minimum Gasteiger partial charge on any atom is -0.415 e. The molecule has 4 aromatic rings. The standard InChI is InChI=1S/C16H10ClF2N7O/c17-13-4-2-9(5-21-13)12-8-26(25-22-12)7-11-3-1-10(6-20-11)15-23-24-16(27-15)14(18)19/h1-6,8,14H,7H2. The van der Waals surface area contributed by atoms with Crippen molar-refractivity contribution in [1.82, 2.24) is 35.2 Å². The van der Waals surface area contributed by atoms with Gasteiger partial charge in [-0.2, -0.15) is 8.78 Å². The average Bonchev–Trinajstić information content (AvgIpc) is 3.33. The third kappa shape index (κ3) is 3.80. The van der Waals surface area contributed by atoms with Crippen molar-refractivity contribution < 1.29 is 13.2 Å². The molecule has 0 spiro atoms. The zero-order chi connectivity index (χ0) is 18.8. The lowest BCUT2D eigenvalue weighted by atomic mass is 10.2. The van der Waals surface area contributed by atoms with E-state index >= 15 is 0 Å². The fraction of sp³-hybridized carbons (Fsp3) is 0.125. The van der Waals surface area contributed by atoms with E-state index in [9.17, 15) is 8.78 Å². The fourth-order valence-electron chi connectivity index (χ4n) is 2.29. The largest absolute Gasteiger partial charge is 0.415 e. The van der Waals surface area contributed by atoms with Gasteiger partial charge in [-0.25, -0.2) is 9.67 Å². The Bertz CT molecular complexity index is 1050. The van der Waals surface area contributed by atoms with Crippen LogP contribution in [0.15, 0.2) is 47.3 Å². The van der Waals surface area contributed by atoms with E-state index in [1.807, 2.05) is 0 Å². The van der Waals surface area contributed by atoms with Crippen LogP contribution in [0, 0.1) is 0 Å². The maximum Gasteiger partial charge on any atom is 0.314 e. The van der Waals surface area contributed by atoms with E-state index in [0.717, 1.165) is 5.56 Å². The van der Waals surface area contributed by atoms with Crippen molar-refractivity contribution in [3.63, 3.8) is 0 Å². The molecule has 0 aliphatic heterocycles. The molecule has 0 radical (unpaired) electrons. The lowest BCUT2D eigenvalue weighted by Gasteiger charge is -2.01. The molecule has 4 aromatic heterocycles. The van der Waals surface area contributed by atoms with Crippen LogP contribution in [0.2, 0.25) is 5.15 Å². The molecule has 0 N–H and O–H groups in total. The first kappa shape index (κ1) is 17.2. The minimum atomic E-state index is -2.81. The topological polar surface area (TPSA) is 95.4 Å². The SMILES string of the molecule is FC(F)c1nnc(-c2ccc(Cn3cc(-c4ccc(Cl)nc4)nn3)nc2)o1. The molecule has 0 aromatic carbocycles. The Labute approximate surface area is 155 Å². The van der Waals surface area contributed by atoms with Crippen LogP contribution in [0.4, 0.5) is 8.78 Å². The number of aromatic nitrogens is 7. The number of hydrogen-bond donors (Lipinski definition) is 0. The summed E-state index contributed by atoms with van der Waals surface area (Å²) >= 11 is 5.77. The molecule has 0 saturated heterocycles. The van der Waals surface area contributed by atoms with Gasteiger partial charge in [-0.1, -0.05) is 16.8 Å². The molecule has 136 valence electrons. The monoisotopic (exact) mass is 389 g/mol. The zero-order valence-corrected chi connectivity index (χ0v) is 14.3. The highest BCUT2D eigenvalue weighted by atomic mass is 35.5. The number of halogens is 3. The maximum atomic E-state index is 12.5. The molecule has 8 nitrogen and oxygen atoms in total. The third-order valence-electron chi connectivity index (χ3n) is 3.58. The van der Waals surface area contributed by atoms with Crippen molar-refractivity contribution in [2.45, 2.75) is 13.0 Å². The van der Waals surface area contributed by atoms with Gasteiger partial charge in [0.05, 0.1) is 24.0 Å². The van der Waals surface area contributed by atoms with E-state index in [2.05, 4.69) is 30.5 Å². The molecule has 0 aliphatic carbocycles. The summed E-state index contributed by atoms with van der Waals surface area (Å²) in [5, 5.41) is 15.4. The molecule has 0 unspecified atom stereocenters. The maximum absolute atomic E-state index is 12.5. The molecule has 11 heteroatoms. The summed E-state index contributed by atoms with van der Waals surface area (Å²) in [5.41, 5.74) is 2.59. The van der Waals surface area contributed by atoms with Crippen LogP contribution in [-0.4, -0.2) is 35.2 Å². The fourth-order valence-corrected chi connectivity index (χ4v) is 2.40. The lowest BCUT2D eigenvalue weighted by Crippen LogP contribution is -2.02. The summed E-state index contributed by atoms with van der Waals surface area (Å²) in [7, 11) is 0. The highest BCUT2D eigenvalue weighted by Crippen LogP contribution is 2.23. The predicted molar refractivity (Wildman–Crippen MR) is 89.9 cm³/mol. The predicted octanol–water partition coefficient (Wildman–Crippen LogP) is 3.42. The summed E-state index contributed by atoms with van der Waals surface area (Å²) in [6, 6.07) is 6.85. The quantitative estimate of drug-likeness (QED) is 0.482. The van der Waals surface area contributed by atoms with Crippen LogP contribution < -0.4 is 0 Å². The van der Waals surface area contributed by atoms with Gasteiger partial charge in [-0.05, 0) is 24.3 Å². The van der Waals surface area contributed by atoms with Gasteiger partial charge < -0.3 is 4.42 Å². The van der Waals surface area contributed by atoms with Gasteiger partial charge in [-0.3, -0.25) is 4.98 Å². The van der Waals surface area contributed by atoms with Crippen molar-refractivity contribution in [2.75, 3.05) is 0 Å². The molecular weight excluding hydrogens is 380 g/mol. The summed E-state index contributed by atoms with van der Waals surface area (Å²) in [5.74, 6) is -0.733. The van der Waals surface area contributed by atoms with E-state index in [0.29, 0.717) is 28.6 Å². The molecule has 0 atom stereocenters. The third-order valence-corrected chi connectivity index (χ3v) is 3.81. The Morgan fingerprint density at radius 3 is 2.48 bits per heavy atom. The summed E-state index contributed by atoms with van der Waals surface area (Å²) in [6.45, 7) is 0.375. The van der Waals surface area contributed by atoms with Crippen LogP contribution >= 0.6 is 11.6 Å². The Morgan fingerprint density at radius 2 is 1.81 bits per heavy atom. The first-order valence-electron chi connectivity index (χ1n) is 7.67. The van der Waals surface area contributed by atoms with Crippen LogP contribution in [0.25, 0.3) is 22.7 Å². The Hall–Kier alpha value is -3.27. The summed E-state index contributed by atoms with van der Waals surface area (Å²) in [4.78, 5) is 8.27. The summed E-state index contributed by atoms with van der Waals surface area (Å²) < 4.78 is 31.5. The van der Waals surface area contributed by atoms with Gasteiger partial charge in [-0.15, -0.1) is 15.3 Å².